The summed E-state index contributed by atoms with van der Waals surface area (Å²) in [6.45, 7) is 4.16. The van der Waals surface area contributed by atoms with Gasteiger partial charge in [0.15, 0.2) is 17.5 Å². The van der Waals surface area contributed by atoms with Gasteiger partial charge in [0.05, 0.1) is 6.42 Å². The summed E-state index contributed by atoms with van der Waals surface area (Å²) < 4.78 is 15.3. The third-order valence-electron chi connectivity index (χ3n) is 6.42. The van der Waals surface area contributed by atoms with E-state index >= 15 is 4.39 Å². The molecule has 1 aromatic heterocycles. The SMILES string of the molecule is C[C@H]1CCN1c1nc(C=CN)nc(N2CC[C@H](C3(CC(=O)O)CC3)C2)c1F. The highest BCUT2D eigenvalue weighted by Gasteiger charge is 2.52. The molecule has 0 aromatic carbocycles. The zero-order chi connectivity index (χ0) is 19.2. The van der Waals surface area contributed by atoms with Crippen LogP contribution in [-0.4, -0.2) is 46.7 Å². The lowest BCUT2D eigenvalue weighted by molar-refractivity contribution is -0.138. The molecule has 27 heavy (non-hydrogen) atoms. The highest BCUT2D eigenvalue weighted by atomic mass is 19.1. The Labute approximate surface area is 158 Å². The largest absolute Gasteiger partial charge is 0.481 e. The number of hydrogen-bond donors (Lipinski definition) is 2. The van der Waals surface area contributed by atoms with E-state index in [4.69, 9.17) is 5.73 Å². The second kappa shape index (κ2) is 6.65. The molecular formula is C19H26FN5O2. The van der Waals surface area contributed by atoms with Crippen LogP contribution in [0.5, 0.6) is 0 Å². The normalized spacial score (nSPS) is 26.4. The number of nitrogens with two attached hydrogens (primary N) is 1. The van der Waals surface area contributed by atoms with Crippen molar-refractivity contribution in [2.24, 2.45) is 17.1 Å². The first kappa shape index (κ1) is 18.0. The molecule has 0 spiro atoms. The van der Waals surface area contributed by atoms with E-state index in [9.17, 15) is 9.90 Å². The minimum absolute atomic E-state index is 0.112. The molecule has 3 aliphatic rings. The van der Waals surface area contributed by atoms with Gasteiger partial charge in [0.2, 0.25) is 5.82 Å². The Morgan fingerprint density at radius 3 is 2.63 bits per heavy atom. The molecule has 3 fully saturated rings. The lowest BCUT2D eigenvalue weighted by Gasteiger charge is -2.40. The smallest absolute Gasteiger partial charge is 0.303 e. The average Bonchev–Trinajstić information content (AvgIpc) is 3.20. The molecule has 8 heteroatoms. The topological polar surface area (TPSA) is 95.6 Å². The summed E-state index contributed by atoms with van der Waals surface area (Å²) in [5.74, 6) is 0.173. The Morgan fingerprint density at radius 2 is 2.07 bits per heavy atom. The predicted octanol–water partition coefficient (Wildman–Crippen LogP) is 2.22. The van der Waals surface area contributed by atoms with Crippen LogP contribution >= 0.6 is 0 Å². The summed E-state index contributed by atoms with van der Waals surface area (Å²) in [6, 6.07) is 0.258. The highest BCUT2D eigenvalue weighted by molar-refractivity contribution is 5.68. The van der Waals surface area contributed by atoms with Gasteiger partial charge in [0.25, 0.3) is 0 Å². The molecule has 3 N–H and O–H groups in total. The minimum Gasteiger partial charge on any atom is -0.481 e. The van der Waals surface area contributed by atoms with Crippen LogP contribution in [0, 0.1) is 17.2 Å². The van der Waals surface area contributed by atoms with Crippen LogP contribution in [0.25, 0.3) is 6.08 Å². The maximum Gasteiger partial charge on any atom is 0.303 e. The van der Waals surface area contributed by atoms with Crippen molar-refractivity contribution in [3.05, 3.63) is 17.8 Å². The van der Waals surface area contributed by atoms with Gasteiger partial charge >= 0.3 is 5.97 Å². The molecule has 1 aromatic rings. The lowest BCUT2D eigenvalue weighted by atomic mass is 9.85. The molecule has 0 unspecified atom stereocenters. The molecule has 146 valence electrons. The van der Waals surface area contributed by atoms with E-state index in [-0.39, 0.29) is 29.6 Å². The van der Waals surface area contributed by atoms with Gasteiger partial charge < -0.3 is 20.6 Å². The van der Waals surface area contributed by atoms with Crippen LogP contribution in [0.1, 0.15) is 44.9 Å². The molecule has 7 nitrogen and oxygen atoms in total. The van der Waals surface area contributed by atoms with E-state index in [0.717, 1.165) is 32.2 Å². The number of carboxylic acids is 1. The summed E-state index contributed by atoms with van der Waals surface area (Å²) in [5, 5.41) is 9.21. The first-order valence-corrected chi connectivity index (χ1v) is 9.63. The van der Waals surface area contributed by atoms with Crippen molar-refractivity contribution in [1.29, 1.82) is 0 Å². The van der Waals surface area contributed by atoms with E-state index in [1.165, 1.54) is 6.20 Å². The van der Waals surface area contributed by atoms with E-state index < -0.39 is 5.97 Å². The first-order valence-electron chi connectivity index (χ1n) is 9.63. The number of anilines is 2. The number of nitrogens with zero attached hydrogens (tertiary/aromatic N) is 4. The molecule has 1 saturated carbocycles. The summed E-state index contributed by atoms with van der Waals surface area (Å²) in [4.78, 5) is 23.9. The number of carbonyl (C=O) groups is 1. The maximum atomic E-state index is 15.3. The van der Waals surface area contributed by atoms with E-state index in [1.807, 2.05) is 9.80 Å². The Morgan fingerprint density at radius 1 is 1.33 bits per heavy atom. The number of aromatic nitrogens is 2. The van der Waals surface area contributed by atoms with Crippen LogP contribution in [-0.2, 0) is 4.79 Å². The van der Waals surface area contributed by atoms with Gasteiger partial charge in [-0.15, -0.1) is 0 Å². The highest BCUT2D eigenvalue weighted by Crippen LogP contribution is 2.57. The number of rotatable bonds is 6. The molecule has 2 saturated heterocycles. The quantitative estimate of drug-likeness (QED) is 0.787. The van der Waals surface area contributed by atoms with Gasteiger partial charge in [-0.1, -0.05) is 0 Å². The molecule has 0 bridgehead atoms. The van der Waals surface area contributed by atoms with Gasteiger partial charge in [-0.05, 0) is 56.2 Å². The van der Waals surface area contributed by atoms with E-state index in [2.05, 4.69) is 16.9 Å². The monoisotopic (exact) mass is 375 g/mol. The van der Waals surface area contributed by atoms with E-state index in [1.54, 1.807) is 6.08 Å². The minimum atomic E-state index is -0.747. The second-order valence-electron chi connectivity index (χ2n) is 8.10. The van der Waals surface area contributed by atoms with Crippen molar-refractivity contribution in [1.82, 2.24) is 9.97 Å². The third-order valence-corrected chi connectivity index (χ3v) is 6.42. The Hall–Kier alpha value is -2.38. The summed E-state index contributed by atoms with van der Waals surface area (Å²) in [5.41, 5.74) is 5.39. The maximum absolute atomic E-state index is 15.3. The summed E-state index contributed by atoms with van der Waals surface area (Å²) in [6.07, 6.45) is 6.92. The van der Waals surface area contributed by atoms with Gasteiger partial charge in [0.1, 0.15) is 0 Å². The summed E-state index contributed by atoms with van der Waals surface area (Å²) in [7, 11) is 0. The average molecular weight is 375 g/mol. The van der Waals surface area contributed by atoms with Crippen molar-refractivity contribution in [2.45, 2.75) is 45.1 Å². The Kier molecular flexibility index (Phi) is 4.44. The lowest BCUT2D eigenvalue weighted by Crippen LogP contribution is -2.47. The first-order chi connectivity index (χ1) is 12.9. The van der Waals surface area contributed by atoms with Crippen LogP contribution in [0.2, 0.25) is 0 Å². The molecule has 3 heterocycles. The standard InChI is InChI=1S/C19H26FN5O2/c1-12-3-9-25(12)18-16(20)17(22-14(23-18)2-7-21)24-8-4-13(11-24)19(5-6-19)10-15(26)27/h2,7,12-13H,3-6,8-11,21H2,1H3,(H,26,27)/t12-,13-/m0/s1. The molecule has 1 aliphatic carbocycles. The molecule has 2 aliphatic heterocycles. The van der Waals surface area contributed by atoms with E-state index in [0.29, 0.717) is 30.5 Å². The van der Waals surface area contributed by atoms with Crippen LogP contribution in [0.15, 0.2) is 6.20 Å². The van der Waals surface area contributed by atoms with Gasteiger partial charge in [-0.3, -0.25) is 4.79 Å². The van der Waals surface area contributed by atoms with Crippen molar-refractivity contribution >= 4 is 23.7 Å². The van der Waals surface area contributed by atoms with Gasteiger partial charge in [-0.25, -0.2) is 9.97 Å². The van der Waals surface area contributed by atoms with Crippen molar-refractivity contribution in [2.75, 3.05) is 29.4 Å². The predicted molar refractivity (Wildman–Crippen MR) is 101 cm³/mol. The fourth-order valence-corrected chi connectivity index (χ4v) is 4.48. The van der Waals surface area contributed by atoms with Gasteiger partial charge in [-0.2, -0.15) is 4.39 Å². The third kappa shape index (κ3) is 3.21. The Balaban J connectivity index is 1.61. The van der Waals surface area contributed by atoms with Crippen molar-refractivity contribution < 1.29 is 14.3 Å². The van der Waals surface area contributed by atoms with Crippen molar-refractivity contribution in [3.63, 3.8) is 0 Å². The second-order valence-corrected chi connectivity index (χ2v) is 8.10. The van der Waals surface area contributed by atoms with Crippen molar-refractivity contribution in [3.8, 4) is 0 Å². The van der Waals surface area contributed by atoms with Crippen LogP contribution in [0.4, 0.5) is 16.0 Å². The molecule has 2 atom stereocenters. The fraction of sp³-hybridized carbons (Fsp3) is 0.632. The zero-order valence-electron chi connectivity index (χ0n) is 15.6. The zero-order valence-corrected chi connectivity index (χ0v) is 15.6. The Bertz CT molecular complexity index is 780. The number of hydrogen-bond acceptors (Lipinski definition) is 6. The number of aliphatic carboxylic acids is 1. The number of halogens is 1. The van der Waals surface area contributed by atoms with Crippen LogP contribution in [0.3, 0.4) is 0 Å². The number of carboxylic acid groups (broad SMARTS) is 1. The molecule has 4 rings (SSSR count). The van der Waals surface area contributed by atoms with Crippen LogP contribution < -0.4 is 15.5 Å². The fourth-order valence-electron chi connectivity index (χ4n) is 4.48. The van der Waals surface area contributed by atoms with Gasteiger partial charge in [0, 0.05) is 25.7 Å². The molecule has 0 amide bonds. The molecule has 0 radical (unpaired) electrons. The molecular weight excluding hydrogens is 349 g/mol. The summed E-state index contributed by atoms with van der Waals surface area (Å²) >= 11 is 0.